The van der Waals surface area contributed by atoms with Crippen LogP contribution in [-0.4, -0.2) is 43.8 Å². The van der Waals surface area contributed by atoms with Gasteiger partial charge in [0.25, 0.3) is 0 Å². The van der Waals surface area contributed by atoms with Gasteiger partial charge in [-0.25, -0.2) is 0 Å². The Labute approximate surface area is 103 Å². The van der Waals surface area contributed by atoms with E-state index < -0.39 is 12.6 Å². The fourth-order valence-electron chi connectivity index (χ4n) is 1.57. The maximum absolute atomic E-state index is 12.0. The Kier molecular flexibility index (Phi) is 8.60. The zero-order chi connectivity index (χ0) is 13.3. The van der Waals surface area contributed by atoms with E-state index in [-0.39, 0.29) is 12.6 Å². The lowest BCUT2D eigenvalue weighted by molar-refractivity contribution is -0.138. The van der Waals surface area contributed by atoms with Crippen LogP contribution < -0.4 is 5.32 Å². The Bertz CT molecular complexity index is 183. The average molecular weight is 254 g/mol. The first-order valence-corrected chi connectivity index (χ1v) is 6.34. The van der Waals surface area contributed by atoms with Gasteiger partial charge in [-0.15, -0.1) is 0 Å². The third-order valence-corrected chi connectivity index (χ3v) is 2.90. The van der Waals surface area contributed by atoms with Crippen LogP contribution in [0.15, 0.2) is 0 Å². The lowest BCUT2D eigenvalue weighted by atomic mass is 10.1. The lowest BCUT2D eigenvalue weighted by Crippen LogP contribution is -2.33. The van der Waals surface area contributed by atoms with Crippen LogP contribution >= 0.6 is 0 Å². The van der Waals surface area contributed by atoms with Gasteiger partial charge in [-0.3, -0.25) is 0 Å². The van der Waals surface area contributed by atoms with Crippen molar-refractivity contribution in [2.45, 2.75) is 51.7 Å². The molecule has 0 aliphatic carbocycles. The van der Waals surface area contributed by atoms with E-state index in [1.807, 2.05) is 6.92 Å². The molecule has 0 aromatic rings. The number of hydrogen-bond acceptors (Lipinski definition) is 2. The summed E-state index contributed by atoms with van der Waals surface area (Å²) in [7, 11) is 1.76. The first-order valence-electron chi connectivity index (χ1n) is 6.34. The maximum Gasteiger partial charge on any atom is 0.390 e. The minimum Gasteiger partial charge on any atom is -0.317 e. The number of hydrogen-bond donors (Lipinski definition) is 1. The predicted octanol–water partition coefficient (Wildman–Crippen LogP) is 3.04. The third kappa shape index (κ3) is 10.6. The molecule has 0 saturated heterocycles. The van der Waals surface area contributed by atoms with Gasteiger partial charge in [0, 0.05) is 12.6 Å². The highest BCUT2D eigenvalue weighted by Gasteiger charge is 2.27. The highest BCUT2D eigenvalue weighted by molar-refractivity contribution is 4.66. The van der Waals surface area contributed by atoms with Crippen LogP contribution in [0.4, 0.5) is 13.2 Å². The van der Waals surface area contributed by atoms with Gasteiger partial charge in [-0.2, -0.15) is 13.2 Å². The molecule has 0 rings (SSSR count). The Balaban J connectivity index is 3.57. The molecule has 1 unspecified atom stereocenters. The molecule has 5 heteroatoms. The van der Waals surface area contributed by atoms with Gasteiger partial charge in [-0.1, -0.05) is 6.92 Å². The summed E-state index contributed by atoms with van der Waals surface area (Å²) in [5.74, 6) is 0. The molecule has 0 aromatic heterocycles. The molecule has 0 heterocycles. The van der Waals surface area contributed by atoms with Crippen LogP contribution in [0.2, 0.25) is 0 Å². The fraction of sp³-hybridized carbons (Fsp3) is 1.00. The topological polar surface area (TPSA) is 15.3 Å². The SMILES string of the molecule is CCCNCCCC(C)N(C)CCC(F)(F)F. The van der Waals surface area contributed by atoms with Crippen LogP contribution in [0, 0.1) is 0 Å². The van der Waals surface area contributed by atoms with E-state index in [1.54, 1.807) is 11.9 Å². The molecule has 0 radical (unpaired) electrons. The Morgan fingerprint density at radius 2 is 1.88 bits per heavy atom. The van der Waals surface area contributed by atoms with E-state index in [4.69, 9.17) is 0 Å². The van der Waals surface area contributed by atoms with Crippen molar-refractivity contribution >= 4 is 0 Å². The third-order valence-electron chi connectivity index (χ3n) is 2.90. The molecule has 0 aliphatic rings. The van der Waals surface area contributed by atoms with Crippen molar-refractivity contribution in [3.63, 3.8) is 0 Å². The van der Waals surface area contributed by atoms with Crippen LogP contribution in [0.1, 0.15) is 39.5 Å². The summed E-state index contributed by atoms with van der Waals surface area (Å²) in [5, 5.41) is 3.29. The van der Waals surface area contributed by atoms with Gasteiger partial charge < -0.3 is 10.2 Å². The normalized spacial score (nSPS) is 14.3. The van der Waals surface area contributed by atoms with E-state index in [9.17, 15) is 13.2 Å². The summed E-state index contributed by atoms with van der Waals surface area (Å²) in [5.41, 5.74) is 0. The Hall–Kier alpha value is -0.290. The second kappa shape index (κ2) is 8.75. The van der Waals surface area contributed by atoms with E-state index in [2.05, 4.69) is 12.2 Å². The number of nitrogens with one attached hydrogen (secondary N) is 1. The second-order valence-electron chi connectivity index (χ2n) is 4.59. The van der Waals surface area contributed by atoms with Crippen LogP contribution in [0.3, 0.4) is 0 Å². The van der Waals surface area contributed by atoms with Gasteiger partial charge >= 0.3 is 6.18 Å². The summed E-state index contributed by atoms with van der Waals surface area (Å²) in [6.07, 6.45) is -1.71. The molecular weight excluding hydrogens is 229 g/mol. The summed E-state index contributed by atoms with van der Waals surface area (Å²) in [6, 6.07) is 0.209. The number of halogens is 3. The summed E-state index contributed by atoms with van der Waals surface area (Å²) >= 11 is 0. The van der Waals surface area contributed by atoms with Gasteiger partial charge in [0.1, 0.15) is 0 Å². The zero-order valence-corrected chi connectivity index (χ0v) is 11.1. The predicted molar refractivity (Wildman–Crippen MR) is 65.2 cm³/mol. The standard InChI is InChI=1S/C12H25F3N2/c1-4-8-16-9-5-6-11(2)17(3)10-7-12(13,14)15/h11,16H,4-10H2,1-3H3. The number of rotatable bonds is 9. The summed E-state index contributed by atoms with van der Waals surface area (Å²) in [6.45, 7) is 6.15. The Morgan fingerprint density at radius 3 is 2.41 bits per heavy atom. The highest BCUT2D eigenvalue weighted by Crippen LogP contribution is 2.20. The number of alkyl halides is 3. The second-order valence-corrected chi connectivity index (χ2v) is 4.59. The first kappa shape index (κ1) is 16.7. The van der Waals surface area contributed by atoms with E-state index in [0.717, 1.165) is 32.4 Å². The van der Waals surface area contributed by atoms with E-state index >= 15 is 0 Å². The highest BCUT2D eigenvalue weighted by atomic mass is 19.4. The molecule has 1 N–H and O–H groups in total. The molecule has 0 aromatic carbocycles. The molecular formula is C12H25F3N2. The van der Waals surface area contributed by atoms with E-state index in [1.165, 1.54) is 0 Å². The zero-order valence-electron chi connectivity index (χ0n) is 11.1. The van der Waals surface area contributed by atoms with Gasteiger partial charge in [0.15, 0.2) is 0 Å². The van der Waals surface area contributed by atoms with Crippen LogP contribution in [0.25, 0.3) is 0 Å². The first-order chi connectivity index (χ1) is 7.87. The van der Waals surface area contributed by atoms with Crippen molar-refractivity contribution < 1.29 is 13.2 Å². The van der Waals surface area contributed by atoms with Crippen molar-refractivity contribution in [2.75, 3.05) is 26.7 Å². The molecule has 0 spiro atoms. The minimum absolute atomic E-state index is 0.0903. The van der Waals surface area contributed by atoms with Crippen molar-refractivity contribution in [1.82, 2.24) is 10.2 Å². The van der Waals surface area contributed by atoms with Crippen molar-refractivity contribution in [3.8, 4) is 0 Å². The molecule has 104 valence electrons. The Morgan fingerprint density at radius 1 is 1.24 bits per heavy atom. The number of nitrogens with zero attached hydrogens (tertiary/aromatic N) is 1. The molecule has 0 fully saturated rings. The maximum atomic E-state index is 12.0. The van der Waals surface area contributed by atoms with Crippen molar-refractivity contribution in [3.05, 3.63) is 0 Å². The summed E-state index contributed by atoms with van der Waals surface area (Å²) < 4.78 is 36.1. The molecule has 1 atom stereocenters. The molecule has 17 heavy (non-hydrogen) atoms. The molecule has 2 nitrogen and oxygen atoms in total. The largest absolute Gasteiger partial charge is 0.390 e. The van der Waals surface area contributed by atoms with Crippen molar-refractivity contribution in [1.29, 1.82) is 0 Å². The summed E-state index contributed by atoms with van der Waals surface area (Å²) in [4.78, 5) is 1.79. The van der Waals surface area contributed by atoms with Gasteiger partial charge in [0.05, 0.1) is 6.42 Å². The molecule has 0 amide bonds. The quantitative estimate of drug-likeness (QED) is 0.636. The smallest absolute Gasteiger partial charge is 0.317 e. The molecule has 0 bridgehead atoms. The molecule has 0 saturated carbocycles. The van der Waals surface area contributed by atoms with Gasteiger partial charge in [-0.05, 0) is 46.3 Å². The minimum atomic E-state index is -4.04. The van der Waals surface area contributed by atoms with Gasteiger partial charge in [0.2, 0.25) is 0 Å². The molecule has 0 aliphatic heterocycles. The monoisotopic (exact) mass is 254 g/mol. The van der Waals surface area contributed by atoms with E-state index in [0.29, 0.717) is 0 Å². The van der Waals surface area contributed by atoms with Crippen LogP contribution in [-0.2, 0) is 0 Å². The lowest BCUT2D eigenvalue weighted by Gasteiger charge is -2.25. The van der Waals surface area contributed by atoms with Crippen LogP contribution in [0.5, 0.6) is 0 Å². The average Bonchev–Trinajstić information content (AvgIpc) is 2.24. The van der Waals surface area contributed by atoms with Crippen molar-refractivity contribution in [2.24, 2.45) is 0 Å². The fourth-order valence-corrected chi connectivity index (χ4v) is 1.57.